The Balaban J connectivity index is 3.63. The van der Waals surface area contributed by atoms with E-state index in [0.29, 0.717) is 0 Å². The Bertz CT molecular complexity index is 143. The highest BCUT2D eigenvalue weighted by atomic mass is 16.2. The highest BCUT2D eigenvalue weighted by Gasteiger charge is 2.08. The second-order valence-corrected chi connectivity index (χ2v) is 4.00. The standard InChI is InChI=1S/C11H24N2O/c1-5-7-9(3)12-11(14)13-10(4)8-6-2/h9-10H,5-8H2,1-4H3,(H2,12,13,14). The molecule has 0 spiro atoms. The molecule has 2 unspecified atom stereocenters. The van der Waals surface area contributed by atoms with E-state index < -0.39 is 0 Å². The minimum Gasteiger partial charge on any atom is -0.336 e. The normalized spacial score (nSPS) is 14.6. The van der Waals surface area contributed by atoms with Crippen molar-refractivity contribution in [3.63, 3.8) is 0 Å². The first kappa shape index (κ1) is 13.3. The molecule has 2 amide bonds. The number of amides is 2. The average molecular weight is 200 g/mol. The summed E-state index contributed by atoms with van der Waals surface area (Å²) in [6.07, 6.45) is 4.28. The molecule has 3 heteroatoms. The molecule has 14 heavy (non-hydrogen) atoms. The lowest BCUT2D eigenvalue weighted by molar-refractivity contribution is 0.233. The molecule has 3 nitrogen and oxygen atoms in total. The number of carbonyl (C=O) groups excluding carboxylic acids is 1. The van der Waals surface area contributed by atoms with Gasteiger partial charge in [0, 0.05) is 12.1 Å². The highest BCUT2D eigenvalue weighted by Crippen LogP contribution is 1.96. The van der Waals surface area contributed by atoms with Crippen molar-refractivity contribution >= 4 is 6.03 Å². The second-order valence-electron chi connectivity index (χ2n) is 4.00. The molecule has 0 bridgehead atoms. The van der Waals surface area contributed by atoms with E-state index in [4.69, 9.17) is 0 Å². The summed E-state index contributed by atoms with van der Waals surface area (Å²) in [5.74, 6) is 0. The zero-order valence-corrected chi connectivity index (χ0v) is 9.89. The number of carbonyl (C=O) groups is 1. The van der Waals surface area contributed by atoms with Gasteiger partial charge in [-0.1, -0.05) is 26.7 Å². The van der Waals surface area contributed by atoms with Crippen molar-refractivity contribution in [1.29, 1.82) is 0 Å². The van der Waals surface area contributed by atoms with Crippen LogP contribution in [-0.4, -0.2) is 18.1 Å². The van der Waals surface area contributed by atoms with Crippen molar-refractivity contribution in [2.75, 3.05) is 0 Å². The van der Waals surface area contributed by atoms with Gasteiger partial charge < -0.3 is 10.6 Å². The first-order valence-corrected chi connectivity index (χ1v) is 5.67. The third-order valence-corrected chi connectivity index (χ3v) is 2.20. The van der Waals surface area contributed by atoms with Crippen LogP contribution in [0.1, 0.15) is 53.4 Å². The molecule has 0 radical (unpaired) electrons. The van der Waals surface area contributed by atoms with E-state index in [0.717, 1.165) is 25.7 Å². The Hall–Kier alpha value is -0.730. The molecule has 0 aliphatic rings. The summed E-state index contributed by atoms with van der Waals surface area (Å²) in [4.78, 5) is 11.4. The summed E-state index contributed by atoms with van der Waals surface area (Å²) >= 11 is 0. The second kappa shape index (κ2) is 7.65. The smallest absolute Gasteiger partial charge is 0.315 e. The van der Waals surface area contributed by atoms with Crippen LogP contribution in [0, 0.1) is 0 Å². The first-order valence-electron chi connectivity index (χ1n) is 5.67. The van der Waals surface area contributed by atoms with E-state index in [2.05, 4.69) is 24.5 Å². The summed E-state index contributed by atoms with van der Waals surface area (Å²) < 4.78 is 0. The molecule has 0 aliphatic heterocycles. The third kappa shape index (κ3) is 6.75. The van der Waals surface area contributed by atoms with Crippen LogP contribution in [-0.2, 0) is 0 Å². The van der Waals surface area contributed by atoms with Crippen LogP contribution >= 0.6 is 0 Å². The molecule has 0 aliphatic carbocycles. The maximum absolute atomic E-state index is 11.4. The summed E-state index contributed by atoms with van der Waals surface area (Å²) in [5, 5.41) is 5.84. The molecular formula is C11H24N2O. The van der Waals surface area contributed by atoms with Gasteiger partial charge in [0.25, 0.3) is 0 Å². The molecule has 2 N–H and O–H groups in total. The Kier molecular flexibility index (Phi) is 7.25. The Morgan fingerprint density at radius 1 is 1.00 bits per heavy atom. The van der Waals surface area contributed by atoms with E-state index in [1.165, 1.54) is 0 Å². The number of rotatable bonds is 6. The SMILES string of the molecule is CCCC(C)NC(=O)NC(C)CCC. The minimum absolute atomic E-state index is 0.0353. The van der Waals surface area contributed by atoms with Crippen molar-refractivity contribution in [3.8, 4) is 0 Å². The van der Waals surface area contributed by atoms with Crippen LogP contribution in [0.4, 0.5) is 4.79 Å². The molecule has 0 aromatic carbocycles. The topological polar surface area (TPSA) is 41.1 Å². The minimum atomic E-state index is -0.0353. The first-order chi connectivity index (χ1) is 6.60. The molecular weight excluding hydrogens is 176 g/mol. The molecule has 0 heterocycles. The predicted octanol–water partition coefficient (Wildman–Crippen LogP) is 2.66. The number of hydrogen-bond acceptors (Lipinski definition) is 1. The Morgan fingerprint density at radius 2 is 1.36 bits per heavy atom. The summed E-state index contributed by atoms with van der Waals surface area (Å²) in [7, 11) is 0. The van der Waals surface area contributed by atoms with Crippen molar-refractivity contribution in [2.24, 2.45) is 0 Å². The average Bonchev–Trinajstić information content (AvgIpc) is 2.03. The number of hydrogen-bond donors (Lipinski definition) is 2. The van der Waals surface area contributed by atoms with Crippen LogP contribution in [0.15, 0.2) is 0 Å². The lowest BCUT2D eigenvalue weighted by Gasteiger charge is -2.17. The van der Waals surface area contributed by atoms with Crippen LogP contribution in [0.5, 0.6) is 0 Å². The molecule has 0 rings (SSSR count). The zero-order chi connectivity index (χ0) is 11.0. The number of urea groups is 1. The quantitative estimate of drug-likeness (QED) is 0.680. The maximum Gasteiger partial charge on any atom is 0.315 e. The fraction of sp³-hybridized carbons (Fsp3) is 0.909. The molecule has 0 saturated heterocycles. The Labute approximate surface area is 87.6 Å². The summed E-state index contributed by atoms with van der Waals surface area (Å²) in [6, 6.07) is 0.509. The van der Waals surface area contributed by atoms with Gasteiger partial charge in [0.2, 0.25) is 0 Å². The van der Waals surface area contributed by atoms with E-state index >= 15 is 0 Å². The summed E-state index contributed by atoms with van der Waals surface area (Å²) in [6.45, 7) is 8.31. The lowest BCUT2D eigenvalue weighted by Crippen LogP contribution is -2.44. The van der Waals surface area contributed by atoms with E-state index in [1.807, 2.05) is 13.8 Å². The van der Waals surface area contributed by atoms with Crippen LogP contribution in [0.25, 0.3) is 0 Å². The van der Waals surface area contributed by atoms with Gasteiger partial charge >= 0.3 is 6.03 Å². The van der Waals surface area contributed by atoms with Crippen molar-refractivity contribution in [3.05, 3.63) is 0 Å². The highest BCUT2D eigenvalue weighted by molar-refractivity contribution is 5.74. The van der Waals surface area contributed by atoms with Crippen molar-refractivity contribution < 1.29 is 4.79 Å². The Morgan fingerprint density at radius 3 is 1.64 bits per heavy atom. The van der Waals surface area contributed by atoms with E-state index in [9.17, 15) is 4.79 Å². The predicted molar refractivity (Wildman–Crippen MR) is 60.4 cm³/mol. The van der Waals surface area contributed by atoms with Crippen LogP contribution in [0.3, 0.4) is 0 Å². The van der Waals surface area contributed by atoms with Crippen molar-refractivity contribution in [2.45, 2.75) is 65.5 Å². The maximum atomic E-state index is 11.4. The molecule has 0 saturated carbocycles. The summed E-state index contributed by atoms with van der Waals surface area (Å²) in [5.41, 5.74) is 0. The lowest BCUT2D eigenvalue weighted by atomic mass is 10.2. The zero-order valence-electron chi connectivity index (χ0n) is 9.89. The van der Waals surface area contributed by atoms with E-state index in [1.54, 1.807) is 0 Å². The fourth-order valence-corrected chi connectivity index (χ4v) is 1.50. The van der Waals surface area contributed by atoms with Gasteiger partial charge in [-0.3, -0.25) is 0 Å². The largest absolute Gasteiger partial charge is 0.336 e. The van der Waals surface area contributed by atoms with Gasteiger partial charge in [0.1, 0.15) is 0 Å². The number of nitrogens with one attached hydrogen (secondary N) is 2. The van der Waals surface area contributed by atoms with Gasteiger partial charge in [-0.2, -0.15) is 0 Å². The fourth-order valence-electron chi connectivity index (χ4n) is 1.50. The molecule has 84 valence electrons. The van der Waals surface area contributed by atoms with Gasteiger partial charge in [-0.15, -0.1) is 0 Å². The molecule has 2 atom stereocenters. The van der Waals surface area contributed by atoms with Crippen LogP contribution in [0.2, 0.25) is 0 Å². The monoisotopic (exact) mass is 200 g/mol. The molecule has 0 fully saturated rings. The molecule has 0 aromatic heterocycles. The van der Waals surface area contributed by atoms with E-state index in [-0.39, 0.29) is 18.1 Å². The van der Waals surface area contributed by atoms with Gasteiger partial charge in [-0.05, 0) is 26.7 Å². The van der Waals surface area contributed by atoms with Gasteiger partial charge in [-0.25, -0.2) is 4.79 Å². The van der Waals surface area contributed by atoms with Crippen molar-refractivity contribution in [1.82, 2.24) is 10.6 Å². The molecule has 0 aromatic rings. The van der Waals surface area contributed by atoms with Gasteiger partial charge in [0.05, 0.1) is 0 Å². The van der Waals surface area contributed by atoms with Crippen LogP contribution < -0.4 is 10.6 Å². The third-order valence-electron chi connectivity index (χ3n) is 2.20. The van der Waals surface area contributed by atoms with Gasteiger partial charge in [0.15, 0.2) is 0 Å².